The van der Waals surface area contributed by atoms with Gasteiger partial charge >= 0.3 is 0 Å². The van der Waals surface area contributed by atoms with Crippen LogP contribution in [0.4, 0.5) is 0 Å². The summed E-state index contributed by atoms with van der Waals surface area (Å²) in [6.45, 7) is 4.30. The zero-order valence-electron chi connectivity index (χ0n) is 16.4. The van der Waals surface area contributed by atoms with Crippen LogP contribution in [0.15, 0.2) is 53.5 Å². The average Bonchev–Trinajstić information content (AvgIpc) is 3.51. The Kier molecular flexibility index (Phi) is 6.22. The Morgan fingerprint density at radius 3 is 2.30 bits per heavy atom. The molecule has 5 nitrogen and oxygen atoms in total. The van der Waals surface area contributed by atoms with Crippen LogP contribution in [0.3, 0.4) is 0 Å². The van der Waals surface area contributed by atoms with Gasteiger partial charge in [-0.1, -0.05) is 36.4 Å². The van der Waals surface area contributed by atoms with Crippen LogP contribution in [0.5, 0.6) is 11.5 Å². The Labute approximate surface area is 161 Å². The first-order valence-corrected chi connectivity index (χ1v) is 9.50. The SMILES string of the molecule is CCNC(=NCc1ccccc1OC)NCC1(c2ccccc2OC)CC1. The number of guanidine groups is 1. The molecule has 3 rings (SSSR count). The van der Waals surface area contributed by atoms with E-state index in [4.69, 9.17) is 14.5 Å². The van der Waals surface area contributed by atoms with Crippen molar-refractivity contribution >= 4 is 5.96 Å². The highest BCUT2D eigenvalue weighted by Crippen LogP contribution is 2.50. The fourth-order valence-electron chi connectivity index (χ4n) is 3.37. The quantitative estimate of drug-likeness (QED) is 0.554. The van der Waals surface area contributed by atoms with Crippen molar-refractivity contribution in [3.63, 3.8) is 0 Å². The number of aliphatic imine (C=N–C) groups is 1. The van der Waals surface area contributed by atoms with Gasteiger partial charge in [0.1, 0.15) is 11.5 Å². The van der Waals surface area contributed by atoms with Crippen LogP contribution in [-0.2, 0) is 12.0 Å². The minimum absolute atomic E-state index is 0.132. The third kappa shape index (κ3) is 4.54. The summed E-state index contributed by atoms with van der Waals surface area (Å²) < 4.78 is 11.0. The number of ether oxygens (including phenoxy) is 2. The normalized spacial score (nSPS) is 15.1. The van der Waals surface area contributed by atoms with Gasteiger partial charge in [0, 0.05) is 29.6 Å². The molecule has 0 aromatic heterocycles. The van der Waals surface area contributed by atoms with Crippen molar-refractivity contribution in [3.8, 4) is 11.5 Å². The molecule has 2 aromatic rings. The van der Waals surface area contributed by atoms with E-state index in [0.717, 1.165) is 49.0 Å². The van der Waals surface area contributed by atoms with E-state index in [2.05, 4.69) is 29.7 Å². The number of methoxy groups -OCH3 is 2. The second-order valence-corrected chi connectivity index (χ2v) is 6.84. The van der Waals surface area contributed by atoms with E-state index in [0.29, 0.717) is 6.54 Å². The first-order valence-electron chi connectivity index (χ1n) is 9.50. The molecule has 0 spiro atoms. The zero-order chi connectivity index (χ0) is 19.1. The van der Waals surface area contributed by atoms with Crippen molar-refractivity contribution in [2.24, 2.45) is 4.99 Å². The van der Waals surface area contributed by atoms with E-state index in [1.54, 1.807) is 14.2 Å². The summed E-state index contributed by atoms with van der Waals surface area (Å²) in [5.41, 5.74) is 2.48. The summed E-state index contributed by atoms with van der Waals surface area (Å²) in [7, 11) is 3.43. The fourth-order valence-corrected chi connectivity index (χ4v) is 3.37. The Balaban J connectivity index is 1.69. The van der Waals surface area contributed by atoms with Crippen LogP contribution in [0, 0.1) is 0 Å². The van der Waals surface area contributed by atoms with E-state index >= 15 is 0 Å². The van der Waals surface area contributed by atoms with Gasteiger partial charge in [0.25, 0.3) is 0 Å². The lowest BCUT2D eigenvalue weighted by Crippen LogP contribution is -2.41. The number of nitrogens with one attached hydrogen (secondary N) is 2. The minimum Gasteiger partial charge on any atom is -0.496 e. The van der Waals surface area contributed by atoms with Crippen LogP contribution < -0.4 is 20.1 Å². The first-order chi connectivity index (χ1) is 13.2. The van der Waals surface area contributed by atoms with E-state index in [1.807, 2.05) is 36.4 Å². The van der Waals surface area contributed by atoms with Gasteiger partial charge < -0.3 is 20.1 Å². The van der Waals surface area contributed by atoms with Crippen molar-refractivity contribution in [2.45, 2.75) is 31.7 Å². The van der Waals surface area contributed by atoms with Gasteiger partial charge in [-0.05, 0) is 31.9 Å². The molecule has 0 atom stereocenters. The molecule has 0 radical (unpaired) electrons. The van der Waals surface area contributed by atoms with Crippen LogP contribution in [-0.4, -0.2) is 33.3 Å². The van der Waals surface area contributed by atoms with Crippen molar-refractivity contribution in [1.29, 1.82) is 0 Å². The van der Waals surface area contributed by atoms with Gasteiger partial charge in [0.05, 0.1) is 20.8 Å². The summed E-state index contributed by atoms with van der Waals surface area (Å²) in [6, 6.07) is 16.3. The second-order valence-electron chi connectivity index (χ2n) is 6.84. The highest BCUT2D eigenvalue weighted by molar-refractivity contribution is 5.80. The smallest absolute Gasteiger partial charge is 0.191 e. The number of hydrogen-bond donors (Lipinski definition) is 2. The second kappa shape index (κ2) is 8.80. The molecular formula is C22H29N3O2. The van der Waals surface area contributed by atoms with Gasteiger partial charge in [-0.3, -0.25) is 0 Å². The Bertz CT molecular complexity index is 785. The third-order valence-corrected chi connectivity index (χ3v) is 5.07. The van der Waals surface area contributed by atoms with Crippen molar-refractivity contribution in [3.05, 3.63) is 59.7 Å². The van der Waals surface area contributed by atoms with Crippen LogP contribution in [0.25, 0.3) is 0 Å². The molecule has 27 heavy (non-hydrogen) atoms. The molecule has 0 unspecified atom stereocenters. The molecule has 0 amide bonds. The van der Waals surface area contributed by atoms with Gasteiger partial charge in [-0.2, -0.15) is 0 Å². The van der Waals surface area contributed by atoms with Crippen LogP contribution in [0.1, 0.15) is 30.9 Å². The van der Waals surface area contributed by atoms with E-state index in [1.165, 1.54) is 5.56 Å². The maximum atomic E-state index is 5.57. The highest BCUT2D eigenvalue weighted by Gasteiger charge is 2.46. The van der Waals surface area contributed by atoms with Crippen molar-refractivity contribution in [1.82, 2.24) is 10.6 Å². The van der Waals surface area contributed by atoms with E-state index in [-0.39, 0.29) is 5.41 Å². The average molecular weight is 367 g/mol. The molecule has 0 bridgehead atoms. The molecule has 0 saturated heterocycles. The predicted molar refractivity (Wildman–Crippen MR) is 110 cm³/mol. The third-order valence-electron chi connectivity index (χ3n) is 5.07. The topological polar surface area (TPSA) is 54.9 Å². The molecule has 1 aliphatic carbocycles. The molecule has 0 heterocycles. The molecule has 1 aliphatic rings. The summed E-state index contributed by atoms with van der Waals surface area (Å²) in [5.74, 6) is 2.65. The monoisotopic (exact) mass is 367 g/mol. The molecule has 144 valence electrons. The largest absolute Gasteiger partial charge is 0.496 e. The lowest BCUT2D eigenvalue weighted by Gasteiger charge is -2.21. The Morgan fingerprint density at radius 1 is 0.963 bits per heavy atom. The molecular weight excluding hydrogens is 338 g/mol. The number of nitrogens with zero attached hydrogens (tertiary/aromatic N) is 1. The van der Waals surface area contributed by atoms with Gasteiger partial charge in [0.2, 0.25) is 0 Å². The van der Waals surface area contributed by atoms with Gasteiger partial charge in [-0.15, -0.1) is 0 Å². The summed E-state index contributed by atoms with van der Waals surface area (Å²) in [4.78, 5) is 4.74. The Morgan fingerprint density at radius 2 is 1.63 bits per heavy atom. The number of rotatable bonds is 8. The molecule has 5 heteroatoms. The molecule has 1 fully saturated rings. The fraction of sp³-hybridized carbons (Fsp3) is 0.409. The summed E-state index contributed by atoms with van der Waals surface area (Å²) in [6.07, 6.45) is 2.32. The lowest BCUT2D eigenvalue weighted by molar-refractivity contribution is 0.403. The van der Waals surface area contributed by atoms with Crippen LogP contribution in [0.2, 0.25) is 0 Å². The maximum Gasteiger partial charge on any atom is 0.191 e. The van der Waals surface area contributed by atoms with Crippen molar-refractivity contribution in [2.75, 3.05) is 27.3 Å². The summed E-state index contributed by atoms with van der Waals surface area (Å²) >= 11 is 0. The first kappa shape index (κ1) is 19.1. The van der Waals surface area contributed by atoms with Gasteiger partial charge in [0.15, 0.2) is 5.96 Å². The summed E-state index contributed by atoms with van der Waals surface area (Å²) in [5, 5.41) is 6.86. The molecule has 0 aliphatic heterocycles. The number of para-hydroxylation sites is 2. The Hall–Kier alpha value is -2.69. The highest BCUT2D eigenvalue weighted by atomic mass is 16.5. The van der Waals surface area contributed by atoms with Crippen LogP contribution >= 0.6 is 0 Å². The minimum atomic E-state index is 0.132. The molecule has 1 saturated carbocycles. The maximum absolute atomic E-state index is 5.57. The standard InChI is InChI=1S/C22H29N3O2/c1-4-23-21(24-15-17-9-5-7-11-19(17)26-2)25-16-22(13-14-22)18-10-6-8-12-20(18)27-3/h5-12H,4,13-16H2,1-3H3,(H2,23,24,25). The van der Waals surface area contributed by atoms with Crippen molar-refractivity contribution < 1.29 is 9.47 Å². The van der Waals surface area contributed by atoms with E-state index < -0.39 is 0 Å². The predicted octanol–water partition coefficient (Wildman–Crippen LogP) is 3.49. The van der Waals surface area contributed by atoms with E-state index in [9.17, 15) is 0 Å². The molecule has 2 aromatic carbocycles. The lowest BCUT2D eigenvalue weighted by atomic mass is 9.95. The van der Waals surface area contributed by atoms with Gasteiger partial charge in [-0.25, -0.2) is 4.99 Å². The molecule has 2 N–H and O–H groups in total. The number of hydrogen-bond acceptors (Lipinski definition) is 3. The number of benzene rings is 2. The zero-order valence-corrected chi connectivity index (χ0v) is 16.4.